The van der Waals surface area contributed by atoms with Gasteiger partial charge >= 0.3 is 18.3 Å². The molecule has 0 aliphatic carbocycles. The molecule has 3 nitrogen and oxygen atoms in total. The number of hydrogen-bond donors (Lipinski definition) is 0. The molecule has 1 rings (SSSR count). The number of alkyl halides is 6. The van der Waals surface area contributed by atoms with E-state index in [-0.39, 0.29) is 18.7 Å². The summed E-state index contributed by atoms with van der Waals surface area (Å²) in [6.45, 7) is 1.24. The lowest BCUT2D eigenvalue weighted by atomic mass is 9.93. The molecule has 0 bridgehead atoms. The molecule has 0 saturated heterocycles. The van der Waals surface area contributed by atoms with Crippen LogP contribution < -0.4 is 0 Å². The van der Waals surface area contributed by atoms with Crippen LogP contribution in [0.15, 0.2) is 12.1 Å². The minimum absolute atomic E-state index is 0.152. The summed E-state index contributed by atoms with van der Waals surface area (Å²) in [7, 11) is 0. The molecule has 1 aromatic rings. The van der Waals surface area contributed by atoms with Crippen LogP contribution in [-0.2, 0) is 28.3 Å². The lowest BCUT2D eigenvalue weighted by Gasteiger charge is -2.17. The molecule has 0 N–H and O–H groups in total. The molecule has 0 atom stereocenters. The van der Waals surface area contributed by atoms with Gasteiger partial charge in [0.1, 0.15) is 6.07 Å². The molecule has 0 amide bonds. The van der Waals surface area contributed by atoms with Crippen LogP contribution in [0.1, 0.15) is 29.2 Å². The van der Waals surface area contributed by atoms with Gasteiger partial charge in [-0.2, -0.15) is 31.6 Å². The molecular weight excluding hydrogens is 316 g/mol. The fraction of sp³-hybridized carbons (Fsp3) is 0.385. The summed E-state index contributed by atoms with van der Waals surface area (Å²) in [5.74, 6) is -1.15. The van der Waals surface area contributed by atoms with E-state index in [1.807, 2.05) is 0 Å². The molecule has 120 valence electrons. The fourth-order valence-electron chi connectivity index (χ4n) is 1.82. The smallest absolute Gasteiger partial charge is 0.417 e. The lowest BCUT2D eigenvalue weighted by molar-refractivity contribution is -0.145. The van der Waals surface area contributed by atoms with Crippen LogP contribution in [0.25, 0.3) is 0 Å². The molecule has 0 fully saturated rings. The average Bonchev–Trinajstić information content (AvgIpc) is 2.35. The van der Waals surface area contributed by atoms with Gasteiger partial charge in [0, 0.05) is 0 Å². The second kappa shape index (κ2) is 6.25. The molecule has 22 heavy (non-hydrogen) atoms. The number of esters is 1. The first-order valence-electron chi connectivity index (χ1n) is 5.88. The lowest BCUT2D eigenvalue weighted by Crippen LogP contribution is -2.19. The zero-order chi connectivity index (χ0) is 17.1. The van der Waals surface area contributed by atoms with Gasteiger partial charge in [0.15, 0.2) is 0 Å². The van der Waals surface area contributed by atoms with Crippen molar-refractivity contribution in [3.05, 3.63) is 34.4 Å². The number of benzene rings is 1. The first kappa shape index (κ1) is 17.8. The number of hydrogen-bond acceptors (Lipinski definition) is 3. The van der Waals surface area contributed by atoms with E-state index in [2.05, 4.69) is 4.74 Å². The van der Waals surface area contributed by atoms with E-state index >= 15 is 0 Å². The SMILES string of the molecule is CCOC(=O)Cc1c(C(F)(F)F)ccc(C(F)(F)F)c1C#N. The van der Waals surface area contributed by atoms with Gasteiger partial charge in [0.25, 0.3) is 0 Å². The predicted molar refractivity (Wildman–Crippen MR) is 61.5 cm³/mol. The van der Waals surface area contributed by atoms with Crippen molar-refractivity contribution in [1.82, 2.24) is 0 Å². The van der Waals surface area contributed by atoms with Crippen LogP contribution in [0.4, 0.5) is 26.3 Å². The van der Waals surface area contributed by atoms with E-state index in [1.165, 1.54) is 6.92 Å². The molecule has 0 aliphatic rings. The molecule has 0 aliphatic heterocycles. The van der Waals surface area contributed by atoms with Gasteiger partial charge in [-0.25, -0.2) is 0 Å². The molecular formula is C13H9F6NO2. The van der Waals surface area contributed by atoms with Gasteiger partial charge in [0.2, 0.25) is 0 Å². The minimum atomic E-state index is -5.02. The number of halogens is 6. The second-order valence-electron chi connectivity index (χ2n) is 4.10. The highest BCUT2D eigenvalue weighted by Gasteiger charge is 2.40. The van der Waals surface area contributed by atoms with E-state index in [1.54, 1.807) is 0 Å². The topological polar surface area (TPSA) is 50.1 Å². The van der Waals surface area contributed by atoms with Crippen LogP contribution in [0, 0.1) is 11.3 Å². The Labute approximate surface area is 121 Å². The Kier molecular flexibility index (Phi) is 5.06. The third kappa shape index (κ3) is 3.90. The maximum absolute atomic E-state index is 12.9. The van der Waals surface area contributed by atoms with E-state index in [0.29, 0.717) is 0 Å². The molecule has 1 aromatic carbocycles. The van der Waals surface area contributed by atoms with Crippen LogP contribution in [0.3, 0.4) is 0 Å². The Morgan fingerprint density at radius 2 is 1.64 bits per heavy atom. The second-order valence-corrected chi connectivity index (χ2v) is 4.10. The normalized spacial score (nSPS) is 11.9. The van der Waals surface area contributed by atoms with Crippen molar-refractivity contribution in [3.63, 3.8) is 0 Å². The Bertz CT molecular complexity index is 613. The van der Waals surface area contributed by atoms with Gasteiger partial charge in [-0.15, -0.1) is 0 Å². The highest BCUT2D eigenvalue weighted by Crippen LogP contribution is 2.39. The summed E-state index contributed by atoms with van der Waals surface area (Å²) < 4.78 is 81.4. The monoisotopic (exact) mass is 325 g/mol. The summed E-state index contributed by atoms with van der Waals surface area (Å²) in [4.78, 5) is 11.3. The van der Waals surface area contributed by atoms with Gasteiger partial charge in [-0.1, -0.05) is 0 Å². The summed E-state index contributed by atoms with van der Waals surface area (Å²) >= 11 is 0. The Balaban J connectivity index is 3.58. The third-order valence-corrected chi connectivity index (χ3v) is 2.66. The molecule has 0 aromatic heterocycles. The van der Waals surface area contributed by atoms with Crippen molar-refractivity contribution < 1.29 is 35.9 Å². The predicted octanol–water partition coefficient (Wildman–Crippen LogP) is 3.70. The van der Waals surface area contributed by atoms with E-state index in [9.17, 15) is 31.1 Å². The van der Waals surface area contributed by atoms with Crippen molar-refractivity contribution in [2.45, 2.75) is 25.7 Å². The molecule has 0 unspecified atom stereocenters. The zero-order valence-electron chi connectivity index (χ0n) is 11.1. The number of nitriles is 1. The zero-order valence-corrected chi connectivity index (χ0v) is 11.1. The van der Waals surface area contributed by atoms with Crippen molar-refractivity contribution in [2.75, 3.05) is 6.61 Å². The number of rotatable bonds is 3. The quantitative estimate of drug-likeness (QED) is 0.629. The number of carbonyl (C=O) groups is 1. The Morgan fingerprint density at radius 1 is 1.14 bits per heavy atom. The van der Waals surface area contributed by atoms with Crippen LogP contribution in [-0.4, -0.2) is 12.6 Å². The summed E-state index contributed by atoms with van der Waals surface area (Å²) in [5, 5.41) is 8.83. The molecule has 0 heterocycles. The van der Waals surface area contributed by atoms with Crippen molar-refractivity contribution in [3.8, 4) is 6.07 Å². The van der Waals surface area contributed by atoms with Gasteiger partial charge in [-0.05, 0) is 24.6 Å². The Morgan fingerprint density at radius 3 is 2.05 bits per heavy atom. The van der Waals surface area contributed by atoms with Crippen LogP contribution >= 0.6 is 0 Å². The van der Waals surface area contributed by atoms with E-state index < -0.39 is 47.0 Å². The number of ether oxygens (including phenoxy) is 1. The molecule has 0 saturated carbocycles. The van der Waals surface area contributed by atoms with Crippen molar-refractivity contribution >= 4 is 5.97 Å². The standard InChI is InChI=1S/C13H9F6NO2/c1-2-22-11(21)5-7-8(6-20)10(13(17,18)19)4-3-9(7)12(14,15)16/h3-4H,2,5H2,1H3. The van der Waals surface area contributed by atoms with Gasteiger partial charge in [0.05, 0.1) is 29.7 Å². The fourth-order valence-corrected chi connectivity index (χ4v) is 1.82. The summed E-state index contributed by atoms with van der Waals surface area (Å²) in [6, 6.07) is 1.49. The minimum Gasteiger partial charge on any atom is -0.466 e. The van der Waals surface area contributed by atoms with Crippen molar-refractivity contribution in [1.29, 1.82) is 5.26 Å². The van der Waals surface area contributed by atoms with Crippen LogP contribution in [0.2, 0.25) is 0 Å². The highest BCUT2D eigenvalue weighted by atomic mass is 19.4. The first-order valence-corrected chi connectivity index (χ1v) is 5.88. The van der Waals surface area contributed by atoms with E-state index in [4.69, 9.17) is 5.26 Å². The number of carbonyl (C=O) groups excluding carboxylic acids is 1. The van der Waals surface area contributed by atoms with Gasteiger partial charge in [-0.3, -0.25) is 4.79 Å². The molecule has 9 heteroatoms. The Hall–Kier alpha value is -2.24. The number of nitrogens with zero attached hydrogens (tertiary/aromatic N) is 1. The third-order valence-electron chi connectivity index (χ3n) is 2.66. The molecule has 0 spiro atoms. The molecule has 0 radical (unpaired) electrons. The van der Waals surface area contributed by atoms with Crippen molar-refractivity contribution in [2.24, 2.45) is 0 Å². The largest absolute Gasteiger partial charge is 0.466 e. The maximum atomic E-state index is 12.9. The summed E-state index contributed by atoms with van der Waals surface area (Å²) in [5.41, 5.74) is -5.26. The van der Waals surface area contributed by atoms with Gasteiger partial charge < -0.3 is 4.74 Å². The average molecular weight is 325 g/mol. The summed E-state index contributed by atoms with van der Waals surface area (Å²) in [6.07, 6.45) is -11.1. The highest BCUT2D eigenvalue weighted by molar-refractivity contribution is 5.75. The first-order chi connectivity index (χ1) is 10.0. The van der Waals surface area contributed by atoms with Crippen LogP contribution in [0.5, 0.6) is 0 Å². The van der Waals surface area contributed by atoms with E-state index in [0.717, 1.165) is 6.07 Å². The maximum Gasteiger partial charge on any atom is 0.417 e.